The number of aromatic nitrogens is 10. The fourth-order valence-corrected chi connectivity index (χ4v) is 17.7. The molecule has 14 aromatic carbocycles. The lowest BCUT2D eigenvalue weighted by Gasteiger charge is -2.10. The zero-order chi connectivity index (χ0) is 74.5. The van der Waals surface area contributed by atoms with Gasteiger partial charge in [-0.1, -0.05) is 279 Å². The van der Waals surface area contributed by atoms with Gasteiger partial charge in [0.2, 0.25) is 0 Å². The van der Waals surface area contributed by atoms with E-state index in [1.807, 2.05) is 176 Å². The second-order valence-corrected chi connectivity index (χ2v) is 29.7. The Bertz CT molecular complexity index is 7620. The molecular weight excluding hydrogens is 1430 g/mol. The third kappa shape index (κ3) is 11.5. The van der Waals surface area contributed by atoms with Crippen molar-refractivity contribution in [1.82, 2.24) is 49.8 Å². The average molecular weight is 1490 g/mol. The summed E-state index contributed by atoms with van der Waals surface area (Å²) >= 11 is 3.44. The van der Waals surface area contributed by atoms with Gasteiger partial charge in [-0.15, -0.1) is 22.7 Å². The molecule has 113 heavy (non-hydrogen) atoms. The Kier molecular flexibility index (Phi) is 15.6. The van der Waals surface area contributed by atoms with Crippen LogP contribution in [0, 0.1) is 0 Å². The van der Waals surface area contributed by atoms with E-state index in [9.17, 15) is 0 Å². The molecule has 23 aromatic rings. The molecule has 0 radical (unpaired) electrons. The van der Waals surface area contributed by atoms with E-state index in [1.54, 1.807) is 22.7 Å². The Labute approximate surface area is 652 Å². The maximum Gasteiger partial charge on any atom is 0.164 e. The van der Waals surface area contributed by atoms with Crippen molar-refractivity contribution in [2.45, 2.75) is 0 Å². The fourth-order valence-electron chi connectivity index (χ4n) is 15.4. The van der Waals surface area contributed by atoms with Crippen LogP contribution in [0.25, 0.3) is 231 Å². The number of nitrogens with zero attached hydrogens (tertiary/aromatic N) is 10. The topological polar surface area (TPSA) is 168 Å². The maximum atomic E-state index is 6.62. The summed E-state index contributed by atoms with van der Waals surface area (Å²) in [6.07, 6.45) is 0. The van der Waals surface area contributed by atoms with Crippen molar-refractivity contribution in [2.75, 3.05) is 0 Å². The van der Waals surface area contributed by atoms with E-state index in [0.29, 0.717) is 46.6 Å². The quantitative estimate of drug-likeness (QED) is 0.120. The standard InChI is InChI=1S/C49H27N5O2S.C49H29N5OS/c1-3-13-28(14-4-1)46-52-47(29-15-5-2-6-16-29)54-49(53-46)35-20-12-23-38-41(35)33-26-25-30(27-39(33)55-38)48-50-42-34-18-8-10-24-40(34)57-45(42)43(51-48)36-21-11-19-32-31-17-7-9-22-37(31)56-44(32)36;1-4-13-30(14-5-1)31-23-25-34(26-24-31)47-52-46(33-17-8-3-9-18-33)53-49(54-47)38-20-12-21-39-42(38)36-28-27-35(29-40(36)55-39)48-50-43(32-15-6-2-7-16-32)45-44(51-48)37-19-10-11-22-41(37)56-45/h1-27H;1-29H. The Hall–Kier alpha value is -14.9. The van der Waals surface area contributed by atoms with E-state index in [4.69, 9.17) is 63.1 Å². The van der Waals surface area contributed by atoms with Gasteiger partial charge < -0.3 is 13.3 Å². The first-order chi connectivity index (χ1) is 56.0. The second-order valence-electron chi connectivity index (χ2n) is 27.6. The molecule has 0 N–H and O–H groups in total. The van der Waals surface area contributed by atoms with Gasteiger partial charge in [0.25, 0.3) is 0 Å². The van der Waals surface area contributed by atoms with Crippen molar-refractivity contribution in [2.24, 2.45) is 0 Å². The summed E-state index contributed by atoms with van der Waals surface area (Å²) in [4.78, 5) is 51.1. The maximum absolute atomic E-state index is 6.62. The lowest BCUT2D eigenvalue weighted by Crippen LogP contribution is -2.00. The summed E-state index contributed by atoms with van der Waals surface area (Å²) in [6.45, 7) is 0. The number of hydrogen-bond donors (Lipinski definition) is 0. The molecule has 0 aliphatic carbocycles. The summed E-state index contributed by atoms with van der Waals surface area (Å²) in [5.74, 6) is 4.82. The molecule has 23 rings (SSSR count). The third-order valence-corrected chi connectivity index (χ3v) is 23.1. The van der Waals surface area contributed by atoms with Crippen LogP contribution < -0.4 is 0 Å². The van der Waals surface area contributed by atoms with Gasteiger partial charge in [-0.3, -0.25) is 0 Å². The van der Waals surface area contributed by atoms with Crippen LogP contribution in [0.3, 0.4) is 0 Å². The number of fused-ring (bicyclic) bond motifs is 15. The molecule has 0 bridgehead atoms. The third-order valence-electron chi connectivity index (χ3n) is 20.8. The zero-order valence-corrected chi connectivity index (χ0v) is 61.5. The molecule has 0 unspecified atom stereocenters. The number of benzene rings is 14. The predicted molar refractivity (Wildman–Crippen MR) is 458 cm³/mol. The van der Waals surface area contributed by atoms with Gasteiger partial charge in [0, 0.05) is 108 Å². The van der Waals surface area contributed by atoms with E-state index in [2.05, 4.69) is 164 Å². The van der Waals surface area contributed by atoms with Gasteiger partial charge in [-0.25, -0.2) is 49.8 Å². The van der Waals surface area contributed by atoms with Crippen LogP contribution in [0.1, 0.15) is 0 Å². The van der Waals surface area contributed by atoms with E-state index < -0.39 is 0 Å². The van der Waals surface area contributed by atoms with E-state index >= 15 is 0 Å². The zero-order valence-electron chi connectivity index (χ0n) is 59.8. The minimum absolute atomic E-state index is 0.572. The molecule has 0 fully saturated rings. The van der Waals surface area contributed by atoms with E-state index in [0.717, 1.165) is 180 Å². The molecule has 9 heterocycles. The molecule has 0 aliphatic rings. The largest absolute Gasteiger partial charge is 0.456 e. The second kappa shape index (κ2) is 27.0. The first kappa shape index (κ1) is 65.2. The highest BCUT2D eigenvalue weighted by Crippen LogP contribution is 2.47. The molecule has 0 amide bonds. The normalized spacial score (nSPS) is 11.7. The molecule has 0 saturated carbocycles. The Balaban J connectivity index is 0.000000138. The van der Waals surface area contributed by atoms with Crippen LogP contribution in [0.5, 0.6) is 0 Å². The molecule has 13 nitrogen and oxygen atoms in total. The summed E-state index contributed by atoms with van der Waals surface area (Å²) < 4.78 is 24.2. The molecule has 9 aromatic heterocycles. The van der Waals surface area contributed by atoms with Crippen LogP contribution in [-0.4, -0.2) is 49.8 Å². The number of para-hydroxylation sites is 2. The highest BCUT2D eigenvalue weighted by Gasteiger charge is 2.26. The van der Waals surface area contributed by atoms with E-state index in [-0.39, 0.29) is 0 Å². The van der Waals surface area contributed by atoms with Gasteiger partial charge in [-0.05, 0) is 71.8 Å². The minimum Gasteiger partial charge on any atom is -0.456 e. The number of hydrogen-bond acceptors (Lipinski definition) is 15. The first-order valence-corrected chi connectivity index (χ1v) is 38.7. The van der Waals surface area contributed by atoms with Crippen molar-refractivity contribution < 1.29 is 13.3 Å². The van der Waals surface area contributed by atoms with Gasteiger partial charge in [-0.2, -0.15) is 0 Å². The Morgan fingerprint density at radius 3 is 1.04 bits per heavy atom. The Morgan fingerprint density at radius 2 is 0.540 bits per heavy atom. The highest BCUT2D eigenvalue weighted by molar-refractivity contribution is 7.26. The molecule has 0 spiro atoms. The van der Waals surface area contributed by atoms with Crippen molar-refractivity contribution in [3.63, 3.8) is 0 Å². The van der Waals surface area contributed by atoms with Gasteiger partial charge in [0.15, 0.2) is 46.6 Å². The van der Waals surface area contributed by atoms with Crippen LogP contribution in [0.2, 0.25) is 0 Å². The van der Waals surface area contributed by atoms with Crippen LogP contribution in [-0.2, 0) is 0 Å². The monoisotopic (exact) mass is 1480 g/mol. The SMILES string of the molecule is c1ccc(-c2ccc(-c3nc(-c4ccccc4)nc(-c4cccc5oc6cc(-c7nc(-c8ccccc8)c8sc9ccccc9c8n7)ccc6c45)n3)cc2)cc1.c1ccc(-c2nc(-c3ccccc3)nc(-c3cccc4oc5cc(-c6nc(-c7cccc8c7oc7ccccc78)c7sc8ccccc8c7n6)ccc5c34)n2)cc1. The molecule has 0 saturated heterocycles. The highest BCUT2D eigenvalue weighted by atomic mass is 32.1. The van der Waals surface area contributed by atoms with Crippen molar-refractivity contribution in [3.05, 3.63) is 340 Å². The van der Waals surface area contributed by atoms with Crippen molar-refractivity contribution in [1.29, 1.82) is 0 Å². The van der Waals surface area contributed by atoms with Crippen LogP contribution in [0.4, 0.5) is 0 Å². The molecule has 15 heteroatoms. The van der Waals surface area contributed by atoms with Crippen molar-refractivity contribution >= 4 is 129 Å². The van der Waals surface area contributed by atoms with Crippen LogP contribution >= 0.6 is 22.7 Å². The lowest BCUT2D eigenvalue weighted by molar-refractivity contribution is 0.668. The summed E-state index contributed by atoms with van der Waals surface area (Å²) in [5.41, 5.74) is 19.6. The van der Waals surface area contributed by atoms with Crippen LogP contribution in [0.15, 0.2) is 353 Å². The smallest absolute Gasteiger partial charge is 0.164 e. The van der Waals surface area contributed by atoms with E-state index in [1.165, 1.54) is 4.70 Å². The predicted octanol–water partition coefficient (Wildman–Crippen LogP) is 26.1. The minimum atomic E-state index is 0.572. The number of thiophene rings is 2. The number of rotatable bonds is 11. The summed E-state index contributed by atoms with van der Waals surface area (Å²) in [5, 5.41) is 8.13. The Morgan fingerprint density at radius 1 is 0.195 bits per heavy atom. The lowest BCUT2D eigenvalue weighted by atomic mass is 10.0. The molecule has 0 aliphatic heterocycles. The summed E-state index contributed by atoms with van der Waals surface area (Å²) in [6, 6.07) is 115. The van der Waals surface area contributed by atoms with Gasteiger partial charge in [0.05, 0.1) is 31.8 Å². The number of furan rings is 3. The first-order valence-electron chi connectivity index (χ1n) is 37.1. The van der Waals surface area contributed by atoms with Crippen molar-refractivity contribution in [3.8, 4) is 125 Å². The van der Waals surface area contributed by atoms with Gasteiger partial charge in [0.1, 0.15) is 33.5 Å². The molecular formula is C98H56N10O3S2. The summed E-state index contributed by atoms with van der Waals surface area (Å²) in [7, 11) is 0. The van der Waals surface area contributed by atoms with Gasteiger partial charge >= 0.3 is 0 Å². The molecule has 0 atom stereocenters. The molecule has 528 valence electrons. The fraction of sp³-hybridized carbons (Fsp3) is 0. The average Bonchev–Trinajstić information content (AvgIpc) is 1.49.